The van der Waals surface area contributed by atoms with Gasteiger partial charge in [0.25, 0.3) is 0 Å². The zero-order chi connectivity index (χ0) is 16.0. The van der Waals surface area contributed by atoms with Gasteiger partial charge in [0.15, 0.2) is 0 Å². The largest absolute Gasteiger partial charge is 0.457 e. The van der Waals surface area contributed by atoms with Gasteiger partial charge in [0, 0.05) is 0 Å². The maximum atomic E-state index is 5.99. The maximum absolute atomic E-state index is 5.99. The van der Waals surface area contributed by atoms with Crippen LogP contribution < -0.4 is 4.74 Å². The molecule has 0 aliphatic carbocycles. The molecule has 22 heavy (non-hydrogen) atoms. The van der Waals surface area contributed by atoms with Gasteiger partial charge in [-0.2, -0.15) is 0 Å². The average molecular weight is 296 g/mol. The molecule has 2 aromatic rings. The summed E-state index contributed by atoms with van der Waals surface area (Å²) >= 11 is 0. The van der Waals surface area contributed by atoms with E-state index in [1.807, 2.05) is 6.07 Å². The number of ether oxygens (including phenoxy) is 1. The van der Waals surface area contributed by atoms with E-state index in [1.165, 1.54) is 30.4 Å². The number of rotatable bonds is 6. The van der Waals surface area contributed by atoms with Crippen molar-refractivity contribution in [3.63, 3.8) is 0 Å². The topological polar surface area (TPSA) is 9.23 Å². The normalized spacial score (nSPS) is 11.5. The summed E-state index contributed by atoms with van der Waals surface area (Å²) in [5, 5.41) is 0. The molecule has 0 radical (unpaired) electrons. The van der Waals surface area contributed by atoms with Crippen LogP contribution in [0.4, 0.5) is 0 Å². The zero-order valence-corrected chi connectivity index (χ0v) is 14.4. The SMILES string of the molecule is CCCCCc1cccc(Oc2ccc(C(C)(C)C)cc2)c1. The summed E-state index contributed by atoms with van der Waals surface area (Å²) in [4.78, 5) is 0. The third-order valence-electron chi connectivity index (χ3n) is 3.92. The second-order valence-electron chi connectivity index (χ2n) is 6.98. The lowest BCUT2D eigenvalue weighted by molar-refractivity contribution is 0.480. The Morgan fingerprint density at radius 3 is 2.23 bits per heavy atom. The van der Waals surface area contributed by atoms with E-state index in [1.54, 1.807) is 0 Å². The summed E-state index contributed by atoms with van der Waals surface area (Å²) in [5.74, 6) is 1.83. The zero-order valence-electron chi connectivity index (χ0n) is 14.4. The third kappa shape index (κ3) is 4.91. The van der Waals surface area contributed by atoms with E-state index in [2.05, 4.69) is 70.2 Å². The Morgan fingerprint density at radius 2 is 1.59 bits per heavy atom. The van der Waals surface area contributed by atoms with Crippen LogP contribution in [0.2, 0.25) is 0 Å². The first-order valence-corrected chi connectivity index (χ1v) is 8.36. The van der Waals surface area contributed by atoms with Crippen molar-refractivity contribution in [3.8, 4) is 11.5 Å². The van der Waals surface area contributed by atoms with Crippen molar-refractivity contribution in [3.05, 3.63) is 59.7 Å². The van der Waals surface area contributed by atoms with E-state index in [0.29, 0.717) is 0 Å². The molecule has 0 saturated carbocycles. The second kappa shape index (κ2) is 7.49. The van der Waals surface area contributed by atoms with Gasteiger partial charge in [-0.25, -0.2) is 0 Å². The first kappa shape index (κ1) is 16.6. The Morgan fingerprint density at radius 1 is 0.864 bits per heavy atom. The predicted molar refractivity (Wildman–Crippen MR) is 94.9 cm³/mol. The highest BCUT2D eigenvalue weighted by molar-refractivity contribution is 5.36. The molecule has 2 rings (SSSR count). The van der Waals surface area contributed by atoms with Crippen LogP contribution in [0.5, 0.6) is 11.5 Å². The van der Waals surface area contributed by atoms with Gasteiger partial charge in [0.05, 0.1) is 0 Å². The van der Waals surface area contributed by atoms with Crippen molar-refractivity contribution in [1.29, 1.82) is 0 Å². The van der Waals surface area contributed by atoms with Crippen molar-refractivity contribution < 1.29 is 4.74 Å². The highest BCUT2D eigenvalue weighted by Gasteiger charge is 2.13. The highest BCUT2D eigenvalue weighted by atomic mass is 16.5. The third-order valence-corrected chi connectivity index (χ3v) is 3.92. The Bertz CT molecular complexity index is 576. The van der Waals surface area contributed by atoms with Crippen LogP contribution in [0, 0.1) is 0 Å². The second-order valence-corrected chi connectivity index (χ2v) is 6.98. The summed E-state index contributed by atoms with van der Waals surface area (Å²) in [6.07, 6.45) is 4.93. The van der Waals surface area contributed by atoms with Gasteiger partial charge in [-0.3, -0.25) is 0 Å². The van der Waals surface area contributed by atoms with Gasteiger partial charge in [-0.1, -0.05) is 64.8 Å². The fourth-order valence-electron chi connectivity index (χ4n) is 2.50. The van der Waals surface area contributed by atoms with Crippen molar-refractivity contribution >= 4 is 0 Å². The molecular formula is C21H28O. The summed E-state index contributed by atoms with van der Waals surface area (Å²) in [7, 11) is 0. The molecule has 0 heterocycles. The number of unbranched alkanes of at least 4 members (excludes halogenated alkanes) is 2. The summed E-state index contributed by atoms with van der Waals surface area (Å²) in [6, 6.07) is 16.9. The van der Waals surface area contributed by atoms with E-state index in [0.717, 1.165) is 17.9 Å². The van der Waals surface area contributed by atoms with Crippen LogP contribution in [0.15, 0.2) is 48.5 Å². The molecule has 2 aromatic carbocycles. The molecule has 0 atom stereocenters. The average Bonchev–Trinajstić information content (AvgIpc) is 2.48. The maximum Gasteiger partial charge on any atom is 0.127 e. The molecule has 0 N–H and O–H groups in total. The van der Waals surface area contributed by atoms with Gasteiger partial charge >= 0.3 is 0 Å². The molecule has 1 heteroatoms. The summed E-state index contributed by atoms with van der Waals surface area (Å²) in [6.45, 7) is 8.91. The minimum absolute atomic E-state index is 0.178. The standard InChI is InChI=1S/C21H28O/c1-5-6-7-9-17-10-8-11-20(16-17)22-19-14-12-18(13-15-19)21(2,3)4/h8,10-16H,5-7,9H2,1-4H3. The van der Waals surface area contributed by atoms with Gasteiger partial charge in [-0.05, 0) is 53.6 Å². The van der Waals surface area contributed by atoms with Crippen molar-refractivity contribution in [2.75, 3.05) is 0 Å². The lowest BCUT2D eigenvalue weighted by Crippen LogP contribution is -2.10. The minimum Gasteiger partial charge on any atom is -0.457 e. The molecule has 1 nitrogen and oxygen atoms in total. The Labute approximate surface area is 135 Å². The smallest absolute Gasteiger partial charge is 0.127 e. The Balaban J connectivity index is 2.02. The summed E-state index contributed by atoms with van der Waals surface area (Å²) < 4.78 is 5.99. The molecule has 0 aliphatic heterocycles. The molecule has 0 unspecified atom stereocenters. The van der Waals surface area contributed by atoms with E-state index < -0.39 is 0 Å². The lowest BCUT2D eigenvalue weighted by Gasteiger charge is -2.19. The number of benzene rings is 2. The quantitative estimate of drug-likeness (QED) is 0.552. The minimum atomic E-state index is 0.178. The lowest BCUT2D eigenvalue weighted by atomic mass is 9.87. The van der Waals surface area contributed by atoms with Gasteiger partial charge < -0.3 is 4.74 Å². The fourth-order valence-corrected chi connectivity index (χ4v) is 2.50. The van der Waals surface area contributed by atoms with Crippen LogP contribution in [0.3, 0.4) is 0 Å². The van der Waals surface area contributed by atoms with Crippen molar-refractivity contribution in [1.82, 2.24) is 0 Å². The van der Waals surface area contributed by atoms with Crippen LogP contribution in [-0.2, 0) is 11.8 Å². The molecule has 0 saturated heterocycles. The first-order chi connectivity index (χ1) is 10.5. The van der Waals surface area contributed by atoms with E-state index >= 15 is 0 Å². The Kier molecular flexibility index (Phi) is 5.65. The molecule has 0 spiro atoms. The van der Waals surface area contributed by atoms with E-state index in [9.17, 15) is 0 Å². The van der Waals surface area contributed by atoms with Gasteiger partial charge in [0.1, 0.15) is 11.5 Å². The molecule has 0 aliphatic rings. The predicted octanol–water partition coefficient (Wildman–Crippen LogP) is 6.51. The molecular weight excluding hydrogens is 268 g/mol. The van der Waals surface area contributed by atoms with Crippen LogP contribution in [-0.4, -0.2) is 0 Å². The number of hydrogen-bond acceptors (Lipinski definition) is 1. The monoisotopic (exact) mass is 296 g/mol. The van der Waals surface area contributed by atoms with E-state index in [-0.39, 0.29) is 5.41 Å². The fraction of sp³-hybridized carbons (Fsp3) is 0.429. The van der Waals surface area contributed by atoms with Crippen LogP contribution in [0.25, 0.3) is 0 Å². The van der Waals surface area contributed by atoms with Crippen molar-refractivity contribution in [2.24, 2.45) is 0 Å². The number of aryl methyl sites for hydroxylation is 1. The van der Waals surface area contributed by atoms with Gasteiger partial charge in [-0.15, -0.1) is 0 Å². The van der Waals surface area contributed by atoms with Crippen LogP contribution >= 0.6 is 0 Å². The highest BCUT2D eigenvalue weighted by Crippen LogP contribution is 2.27. The Hall–Kier alpha value is -1.76. The van der Waals surface area contributed by atoms with Crippen LogP contribution in [0.1, 0.15) is 58.1 Å². The number of hydrogen-bond donors (Lipinski definition) is 0. The molecule has 0 fully saturated rings. The molecule has 0 bridgehead atoms. The molecule has 0 aromatic heterocycles. The summed E-state index contributed by atoms with van der Waals surface area (Å²) in [5.41, 5.74) is 2.86. The molecule has 118 valence electrons. The molecule has 0 amide bonds. The van der Waals surface area contributed by atoms with Gasteiger partial charge in [0.2, 0.25) is 0 Å². The van der Waals surface area contributed by atoms with Crippen molar-refractivity contribution in [2.45, 2.75) is 58.8 Å². The first-order valence-electron chi connectivity index (χ1n) is 8.36. The van der Waals surface area contributed by atoms with E-state index in [4.69, 9.17) is 4.74 Å².